The summed E-state index contributed by atoms with van der Waals surface area (Å²) in [5, 5.41) is 0. The van der Waals surface area contributed by atoms with E-state index in [1.807, 2.05) is 152 Å². The number of benzene rings is 2. The Morgan fingerprint density at radius 1 is 0.350 bits per heavy atom. The van der Waals surface area contributed by atoms with Gasteiger partial charge in [-0.25, -0.2) is 53.9 Å². The Morgan fingerprint density at radius 2 is 0.664 bits per heavy atom. The summed E-state index contributed by atoms with van der Waals surface area (Å²) in [6.07, 6.45) is 23.6. The molecule has 10 aliphatic carbocycles. The molecule has 0 bridgehead atoms. The van der Waals surface area contributed by atoms with E-state index in [9.17, 15) is 28.8 Å². The maximum atomic E-state index is 12.6. The van der Waals surface area contributed by atoms with Gasteiger partial charge in [0.15, 0.2) is 52.2 Å². The first-order valence-corrected chi connectivity index (χ1v) is 46.0. The lowest BCUT2D eigenvalue weighted by Crippen LogP contribution is -2.46. The van der Waals surface area contributed by atoms with Crippen LogP contribution < -0.4 is 28.4 Å². The summed E-state index contributed by atoms with van der Waals surface area (Å²) < 4.78 is 38.6. The summed E-state index contributed by atoms with van der Waals surface area (Å²) in [4.78, 5) is 147. The van der Waals surface area contributed by atoms with Crippen LogP contribution in [0, 0.1) is 92.0 Å². The molecule has 0 spiro atoms. The summed E-state index contributed by atoms with van der Waals surface area (Å²) in [5.41, 5.74) is 10.4. The van der Waals surface area contributed by atoms with Crippen LogP contribution in [-0.2, 0) is 87.9 Å². The average molecular weight is 1840 g/mol. The van der Waals surface area contributed by atoms with Gasteiger partial charge in [0.05, 0.1) is 116 Å². The molecule has 137 heavy (non-hydrogen) atoms. The largest absolute Gasteiger partial charge is 0.496 e. The number of ether oxygens (including phenoxy) is 7. The Hall–Kier alpha value is -15.1. The first-order chi connectivity index (χ1) is 65.8. The normalized spacial score (nSPS) is 26.2. The van der Waals surface area contributed by atoms with Gasteiger partial charge >= 0.3 is 5.97 Å². The average Bonchev–Trinajstić information content (AvgIpc) is 0.739. The zero-order valence-electron chi connectivity index (χ0n) is 79.9. The van der Waals surface area contributed by atoms with E-state index in [2.05, 4.69) is 86.8 Å². The van der Waals surface area contributed by atoms with Gasteiger partial charge in [-0.3, -0.25) is 9.97 Å². The van der Waals surface area contributed by atoms with Gasteiger partial charge < -0.3 is 57.1 Å². The van der Waals surface area contributed by atoms with Crippen molar-refractivity contribution in [3.63, 3.8) is 0 Å². The van der Waals surface area contributed by atoms with Crippen LogP contribution in [0.4, 0.5) is 0 Å². The van der Waals surface area contributed by atoms with Crippen LogP contribution in [0.1, 0.15) is 182 Å². The smallest absolute Gasteiger partial charge is 0.376 e. The fourth-order valence-electron chi connectivity index (χ4n) is 22.7. The summed E-state index contributed by atoms with van der Waals surface area (Å²) in [6.45, 7) is 61.4. The molecule has 30 heteroatoms. The van der Waals surface area contributed by atoms with Crippen LogP contribution in [-0.4, -0.2) is 143 Å². The van der Waals surface area contributed by atoms with Crippen LogP contribution in [0.3, 0.4) is 0 Å². The van der Waals surface area contributed by atoms with Gasteiger partial charge in [-0.1, -0.05) is 142 Å². The monoisotopic (exact) mass is 1840 g/mol. The third-order valence-corrected chi connectivity index (χ3v) is 29.7. The zero-order valence-corrected chi connectivity index (χ0v) is 79.9. The summed E-state index contributed by atoms with van der Waals surface area (Å²) in [6, 6.07) is 24.9. The molecule has 15 atom stereocenters. The molecule has 7 aromatic heterocycles. The van der Waals surface area contributed by atoms with E-state index >= 15 is 0 Å². The van der Waals surface area contributed by atoms with Gasteiger partial charge in [-0.2, -0.15) is 24.9 Å². The highest BCUT2D eigenvalue weighted by Gasteiger charge is 2.56. The van der Waals surface area contributed by atoms with Crippen molar-refractivity contribution in [2.24, 2.45) is 59.2 Å². The number of fused-ring (bicyclic) bond motifs is 15. The maximum Gasteiger partial charge on any atom is 0.376 e. The van der Waals surface area contributed by atoms with E-state index in [1.54, 1.807) is 66.2 Å². The molecule has 0 saturated heterocycles. The predicted octanol–water partition coefficient (Wildman–Crippen LogP) is 17.7. The minimum absolute atomic E-state index is 0.00246. The number of pyridine rings is 2. The van der Waals surface area contributed by atoms with Crippen molar-refractivity contribution >= 4 is 34.9 Å². The topological polar surface area (TPSA) is 344 Å². The number of ketones is 5. The number of hydrogen-bond acceptors (Lipinski definition) is 25. The molecule has 7 heterocycles. The van der Waals surface area contributed by atoms with Gasteiger partial charge in [-0.05, 0) is 144 Å². The van der Waals surface area contributed by atoms with Gasteiger partial charge in [0.1, 0.15) is 5.75 Å². The minimum atomic E-state index is -0.641. The molecule has 0 saturated carbocycles. The second-order valence-corrected chi connectivity index (χ2v) is 37.0. The van der Waals surface area contributed by atoms with E-state index in [-0.39, 0.29) is 129 Å². The number of allylic oxidation sites excluding steroid dienone is 10. The highest BCUT2D eigenvalue weighted by atomic mass is 16.5. The van der Waals surface area contributed by atoms with Gasteiger partial charge in [0, 0.05) is 126 Å². The lowest BCUT2D eigenvalue weighted by atomic mass is 9.58. The lowest BCUT2D eigenvalue weighted by molar-refractivity contribution is -0.122. The Morgan fingerprint density at radius 3 is 1.01 bits per heavy atom. The van der Waals surface area contributed by atoms with Crippen LogP contribution in [0.5, 0.6) is 35.1 Å². The van der Waals surface area contributed by atoms with Gasteiger partial charge in [-0.15, -0.1) is 0 Å². The molecule has 0 aliphatic heterocycles. The number of para-hydroxylation sites is 1. The van der Waals surface area contributed by atoms with Crippen LogP contribution in [0.2, 0.25) is 0 Å². The number of rotatable bonds is 13. The van der Waals surface area contributed by atoms with Crippen molar-refractivity contribution in [3.05, 3.63) is 282 Å². The highest BCUT2D eigenvalue weighted by molar-refractivity contribution is 6.03. The molecular formula is C107H107N17O13. The van der Waals surface area contributed by atoms with E-state index in [1.165, 1.54) is 7.11 Å². The maximum absolute atomic E-state index is 12.6. The number of methoxy groups -OCH3 is 5. The standard InChI is InChI=1S/C23H23N3O3.C23H23N3O2.2C21H20N4O2.C19H21N3O4/c1-13-16-11-10-15-20(23(16,2)12-17(24-3)19(13)27)25-21(26-22(15)29-5)14-8-6-7-9-18(14)28-4;1-5-28-22-16-11-12-17-14(2)19(27)18(24-4)13-23(17,3)20(16)25-21(26-22)15-9-7-6-8-10-15;1-12-15-6-5-14-18(21(15,2)11-16(22-3)17(12)26)24-19(25-20(14)27-4)13-7-9-23-10-8-13;1-12-15-8-7-14-18(21(15,2)10-16(22-3)17(12)26)24-19(25-20(14)27-4)13-6-5-9-23-11-13;1-6-26-18(24)16-21-15-11(17(22-16)25-5)7-8-12-10(2)14(23)13(20-4)9-19(12,15)3/h6-9,12-13,16H,10-11H2,1-2,4-5H3;6-10,13-14,17H,5,11-12H2,1-3H3;7-12,15H,5-6H2,1-2,4H3;5-6,9-12,15H,7-8H2,1-2,4H3;9-10,12H,6-8H2,1-3,5H3/t13-,16-,23-;14-,17-,23-;2*12-,15-,21-;10-,12-,19-/m00000/s1. The molecule has 0 N–H and O–H groups in total. The van der Waals surface area contributed by atoms with Crippen LogP contribution in [0.15, 0.2) is 163 Å². The van der Waals surface area contributed by atoms with E-state index in [0.717, 1.165) is 131 Å². The summed E-state index contributed by atoms with van der Waals surface area (Å²) in [5.74, 6) is 3.78. The Bertz CT molecular complexity index is 6620. The third kappa shape index (κ3) is 17.1. The predicted molar refractivity (Wildman–Crippen MR) is 507 cm³/mol. The van der Waals surface area contributed by atoms with Crippen molar-refractivity contribution in [1.29, 1.82) is 0 Å². The quantitative estimate of drug-likeness (QED) is 0.0764. The SMILES string of the molecule is [C-]#[N+]C1=C[C@]2(C)c3nc(-c4ccccc4)nc(OCC)c3CC[C@H]2[C@H](C)C1=O.[C-]#[N+]C1=C[C@]2(C)c3nc(-c4ccccc4OC)nc(OC)c3CC[C@H]2[C@H](C)C1=O.[C-]#[N+]C1=C[C@]2(C)c3nc(-c4cccnc4)nc(OC)c3CC[C@H]2[C@H](C)C1=O.[C-]#[N+]C1=C[C@]2(C)c3nc(-c4ccncc4)nc(OC)c3CC[C@H]2[C@H](C)C1=O.[C-]#[N+]C1=C[C@]2(C)c3nc(C(=O)OCC)nc(OC)c3CC[C@H]2[C@H](C)C1=O. The van der Waals surface area contributed by atoms with E-state index < -0.39 is 33.0 Å². The first-order valence-electron chi connectivity index (χ1n) is 46.0. The minimum Gasteiger partial charge on any atom is -0.496 e. The molecule has 19 rings (SSSR count). The number of Topliss-reactive ketones (excluding diaryl/α,β-unsaturated/α-hetero) is 5. The molecule has 0 fully saturated rings. The molecule has 2 aromatic carbocycles. The zero-order chi connectivity index (χ0) is 98.1. The number of carbonyl (C=O) groups excluding carboxylic acids is 6. The van der Waals surface area contributed by atoms with Crippen molar-refractivity contribution in [2.75, 3.05) is 48.8 Å². The molecule has 0 radical (unpaired) electrons. The van der Waals surface area contributed by atoms with Crippen molar-refractivity contribution < 1.29 is 61.9 Å². The first kappa shape index (κ1) is 96.5. The Kier molecular flexibility index (Phi) is 27.5. The highest BCUT2D eigenvalue weighted by Crippen LogP contribution is 2.58. The molecule has 0 amide bonds. The Labute approximate surface area is 797 Å². The number of esters is 1. The molecular weight excluding hydrogens is 1730 g/mol. The molecule has 30 nitrogen and oxygen atoms in total. The van der Waals surface area contributed by atoms with Crippen molar-refractivity contribution in [2.45, 2.75) is 174 Å². The second-order valence-electron chi connectivity index (χ2n) is 37.0. The molecule has 9 aromatic rings. The lowest BCUT2D eigenvalue weighted by Gasteiger charge is -2.45. The second kappa shape index (κ2) is 39.1. The summed E-state index contributed by atoms with van der Waals surface area (Å²) in [7, 11) is 7.94. The fraction of sp³-hybridized carbons (Fsp3) is 0.411. The molecule has 698 valence electrons. The van der Waals surface area contributed by atoms with E-state index in [4.69, 9.17) is 90.9 Å². The fourth-order valence-corrected chi connectivity index (χ4v) is 22.7. The number of carbonyl (C=O) groups is 6. The van der Waals surface area contributed by atoms with Crippen LogP contribution in [0.25, 0.3) is 69.8 Å². The number of hydrogen-bond donors (Lipinski definition) is 0. The number of aromatic nitrogens is 12. The Balaban J connectivity index is 0.000000130. The van der Waals surface area contributed by atoms with Crippen LogP contribution >= 0.6 is 0 Å². The van der Waals surface area contributed by atoms with Crippen molar-refractivity contribution in [3.8, 4) is 80.7 Å². The van der Waals surface area contributed by atoms with Crippen molar-refractivity contribution in [1.82, 2.24) is 59.8 Å². The van der Waals surface area contributed by atoms with Gasteiger partial charge in [0.2, 0.25) is 63.7 Å². The summed E-state index contributed by atoms with van der Waals surface area (Å²) >= 11 is 0. The third-order valence-electron chi connectivity index (χ3n) is 29.7. The van der Waals surface area contributed by atoms with Gasteiger partial charge in [0.25, 0.3) is 0 Å². The number of nitrogens with zero attached hydrogens (tertiary/aromatic N) is 17. The van der Waals surface area contributed by atoms with E-state index in [0.29, 0.717) is 77.2 Å². The molecule has 10 aliphatic rings. The molecule has 0 unspecified atom stereocenters.